The molecule has 4 aliphatic rings. The van der Waals surface area contributed by atoms with E-state index in [-0.39, 0.29) is 28.8 Å². The smallest absolute Gasteiger partial charge is 0.227 e. The number of aliphatic hydroxyl groups excluding tert-OH is 1. The highest BCUT2D eigenvalue weighted by Crippen LogP contribution is 2.67. The molecule has 2 N–H and O–H groups in total. The van der Waals surface area contributed by atoms with Crippen molar-refractivity contribution in [2.24, 2.45) is 40.4 Å². The molecule has 8 atom stereocenters. The molecule has 0 unspecified atom stereocenters. The van der Waals surface area contributed by atoms with Crippen LogP contribution in [0.2, 0.25) is 0 Å². The van der Waals surface area contributed by atoms with Crippen LogP contribution in [0, 0.1) is 40.4 Å². The number of hydrogen-bond acceptors (Lipinski definition) is 3. The number of pyridine rings is 1. The maximum Gasteiger partial charge on any atom is 0.227 e. The molecule has 168 valence electrons. The number of hydrogen-bond donors (Lipinski definition) is 2. The van der Waals surface area contributed by atoms with Crippen LogP contribution in [0.1, 0.15) is 72.1 Å². The Morgan fingerprint density at radius 2 is 1.90 bits per heavy atom. The number of aliphatic hydroxyl groups is 1. The van der Waals surface area contributed by atoms with Crippen LogP contribution in [0.4, 0.5) is 5.69 Å². The maximum absolute atomic E-state index is 13.1. The van der Waals surface area contributed by atoms with Crippen LogP contribution in [0.3, 0.4) is 0 Å². The summed E-state index contributed by atoms with van der Waals surface area (Å²) in [6, 6.07) is 3.73. The highest BCUT2D eigenvalue weighted by Gasteiger charge is 2.59. The summed E-state index contributed by atoms with van der Waals surface area (Å²) in [6.45, 7) is 7.12. The molecular weight excluding hydrogens is 384 g/mol. The van der Waals surface area contributed by atoms with Crippen molar-refractivity contribution in [3.63, 3.8) is 0 Å². The fourth-order valence-corrected chi connectivity index (χ4v) is 8.38. The highest BCUT2D eigenvalue weighted by molar-refractivity contribution is 5.92. The van der Waals surface area contributed by atoms with Gasteiger partial charge in [0, 0.05) is 24.0 Å². The largest absolute Gasteiger partial charge is 0.393 e. The van der Waals surface area contributed by atoms with Gasteiger partial charge in [-0.3, -0.25) is 9.78 Å². The van der Waals surface area contributed by atoms with Crippen molar-refractivity contribution in [2.45, 2.75) is 78.2 Å². The van der Waals surface area contributed by atoms with Crippen molar-refractivity contribution in [2.75, 3.05) is 5.32 Å². The van der Waals surface area contributed by atoms with Crippen LogP contribution in [0.25, 0.3) is 0 Å². The predicted octanol–water partition coefficient (Wildman–Crippen LogP) is 5.60. The lowest BCUT2D eigenvalue weighted by molar-refractivity contribution is -0.124. The third kappa shape index (κ3) is 3.37. The van der Waals surface area contributed by atoms with Crippen LogP contribution in [0.15, 0.2) is 36.2 Å². The Labute approximate surface area is 186 Å². The molecule has 0 aromatic carbocycles. The molecule has 1 aromatic rings. The van der Waals surface area contributed by atoms with Gasteiger partial charge in [-0.25, -0.2) is 0 Å². The van der Waals surface area contributed by atoms with E-state index in [0.29, 0.717) is 11.8 Å². The number of amides is 1. The number of nitrogens with one attached hydrogen (secondary N) is 1. The summed E-state index contributed by atoms with van der Waals surface area (Å²) in [5.41, 5.74) is 2.92. The molecule has 3 saturated carbocycles. The van der Waals surface area contributed by atoms with Gasteiger partial charge in [0.05, 0.1) is 6.10 Å². The van der Waals surface area contributed by atoms with Gasteiger partial charge in [-0.05, 0) is 98.0 Å². The number of aromatic nitrogens is 1. The standard InChI is InChI=1S/C27H38N2O2/c1-17(25(31)29-19-10-14-28-15-11-19)22-6-7-23-21-5-4-18-16-20(30)8-12-26(18,2)24(21)9-13-27(22,23)3/h4,10-11,14-15,17,20-24,30H,5-9,12-13,16H2,1-3H3,(H,28,29,31)/t17-,20-,21-,22+,23-,24-,26-,27+/m0/s1. The molecular formula is C27H38N2O2. The lowest BCUT2D eigenvalue weighted by Gasteiger charge is -2.58. The van der Waals surface area contributed by atoms with Gasteiger partial charge in [-0.15, -0.1) is 0 Å². The molecule has 4 heteroatoms. The van der Waals surface area contributed by atoms with E-state index in [1.54, 1.807) is 12.4 Å². The zero-order chi connectivity index (χ0) is 21.8. The Balaban J connectivity index is 1.35. The van der Waals surface area contributed by atoms with Crippen LogP contribution >= 0.6 is 0 Å². The highest BCUT2D eigenvalue weighted by atomic mass is 16.3. The fourth-order valence-electron chi connectivity index (χ4n) is 8.38. The van der Waals surface area contributed by atoms with E-state index in [1.807, 2.05) is 12.1 Å². The summed E-state index contributed by atoms with van der Waals surface area (Å²) in [5, 5.41) is 13.3. The lowest BCUT2D eigenvalue weighted by atomic mass is 9.47. The first-order valence-electron chi connectivity index (χ1n) is 12.4. The minimum atomic E-state index is -0.139. The summed E-state index contributed by atoms with van der Waals surface area (Å²) in [4.78, 5) is 17.2. The second kappa shape index (κ2) is 7.72. The minimum absolute atomic E-state index is 0.0230. The van der Waals surface area contributed by atoms with E-state index < -0.39 is 0 Å². The van der Waals surface area contributed by atoms with Crippen LogP contribution < -0.4 is 5.32 Å². The molecule has 1 heterocycles. The Bertz CT molecular complexity index is 867. The number of allylic oxidation sites excluding steroid dienone is 1. The van der Waals surface area contributed by atoms with E-state index >= 15 is 0 Å². The van der Waals surface area contributed by atoms with Crippen LogP contribution in [0.5, 0.6) is 0 Å². The van der Waals surface area contributed by atoms with Crippen molar-refractivity contribution in [1.29, 1.82) is 0 Å². The number of carbonyl (C=O) groups is 1. The second-order valence-electron chi connectivity index (χ2n) is 11.4. The summed E-state index contributed by atoms with van der Waals surface area (Å²) >= 11 is 0. The number of anilines is 1. The summed E-state index contributed by atoms with van der Waals surface area (Å²) in [7, 11) is 0. The molecule has 0 saturated heterocycles. The topological polar surface area (TPSA) is 62.2 Å². The second-order valence-corrected chi connectivity index (χ2v) is 11.4. The molecule has 1 amide bonds. The first kappa shape index (κ1) is 21.2. The average Bonchev–Trinajstić information content (AvgIpc) is 3.11. The van der Waals surface area contributed by atoms with Crippen LogP contribution in [-0.2, 0) is 4.79 Å². The van der Waals surface area contributed by atoms with Gasteiger partial charge in [0.1, 0.15) is 0 Å². The molecule has 1 aromatic heterocycles. The summed E-state index contributed by atoms with van der Waals surface area (Å²) in [5.74, 6) is 2.83. The van der Waals surface area contributed by atoms with Gasteiger partial charge >= 0.3 is 0 Å². The van der Waals surface area contributed by atoms with E-state index in [9.17, 15) is 9.90 Å². The first-order chi connectivity index (χ1) is 14.8. The third-order valence-electron chi connectivity index (χ3n) is 10.1. The van der Waals surface area contributed by atoms with Gasteiger partial charge in [-0.2, -0.15) is 0 Å². The summed E-state index contributed by atoms with van der Waals surface area (Å²) < 4.78 is 0. The van der Waals surface area contributed by atoms with Crippen LogP contribution in [-0.4, -0.2) is 22.1 Å². The van der Waals surface area contributed by atoms with Crippen molar-refractivity contribution in [3.8, 4) is 0 Å². The van der Waals surface area contributed by atoms with Gasteiger partial charge in [0.2, 0.25) is 5.91 Å². The number of nitrogens with zero attached hydrogens (tertiary/aromatic N) is 1. The molecule has 3 fully saturated rings. The number of rotatable bonds is 3. The molecule has 0 bridgehead atoms. The Kier molecular flexibility index (Phi) is 5.28. The van der Waals surface area contributed by atoms with Gasteiger partial charge in [0.15, 0.2) is 0 Å². The molecule has 31 heavy (non-hydrogen) atoms. The molecule has 4 nitrogen and oxygen atoms in total. The molecule has 4 aliphatic carbocycles. The van der Waals surface area contributed by atoms with E-state index in [4.69, 9.17) is 0 Å². The Morgan fingerprint density at radius 1 is 1.13 bits per heavy atom. The first-order valence-corrected chi connectivity index (χ1v) is 12.4. The number of fused-ring (bicyclic) bond motifs is 5. The molecule has 0 radical (unpaired) electrons. The van der Waals surface area contributed by atoms with Crippen molar-refractivity contribution in [1.82, 2.24) is 4.98 Å². The number of carbonyl (C=O) groups excluding carboxylic acids is 1. The lowest BCUT2D eigenvalue weighted by Crippen LogP contribution is -2.51. The zero-order valence-electron chi connectivity index (χ0n) is 19.3. The van der Waals surface area contributed by atoms with Gasteiger partial charge in [-0.1, -0.05) is 32.4 Å². The van der Waals surface area contributed by atoms with E-state index in [0.717, 1.165) is 36.8 Å². The predicted molar refractivity (Wildman–Crippen MR) is 123 cm³/mol. The maximum atomic E-state index is 13.1. The normalized spacial score (nSPS) is 42.6. The van der Waals surface area contributed by atoms with E-state index in [1.165, 1.54) is 37.7 Å². The zero-order valence-corrected chi connectivity index (χ0v) is 19.3. The van der Waals surface area contributed by atoms with Gasteiger partial charge < -0.3 is 10.4 Å². The van der Waals surface area contributed by atoms with Crippen molar-refractivity contribution >= 4 is 11.6 Å². The van der Waals surface area contributed by atoms with Gasteiger partial charge in [0.25, 0.3) is 0 Å². The Hall–Kier alpha value is -1.68. The summed E-state index contributed by atoms with van der Waals surface area (Å²) in [6.07, 6.45) is 14.9. The quantitative estimate of drug-likeness (QED) is 0.624. The molecule has 0 aliphatic heterocycles. The average molecular weight is 423 g/mol. The molecule has 5 rings (SSSR count). The monoisotopic (exact) mass is 422 g/mol. The van der Waals surface area contributed by atoms with E-state index in [2.05, 4.69) is 37.1 Å². The minimum Gasteiger partial charge on any atom is -0.393 e. The fraction of sp³-hybridized carbons (Fsp3) is 0.704. The molecule has 0 spiro atoms. The third-order valence-corrected chi connectivity index (χ3v) is 10.1. The van der Waals surface area contributed by atoms with Crippen molar-refractivity contribution < 1.29 is 9.90 Å². The SMILES string of the molecule is C[C@H](C(=O)Nc1ccncc1)[C@H]1CC[C@H]2[C@@H]3CC=C4C[C@@H](O)CC[C@]4(C)[C@H]3CC[C@]12C. The van der Waals surface area contributed by atoms with Crippen molar-refractivity contribution in [3.05, 3.63) is 36.2 Å². The Morgan fingerprint density at radius 3 is 2.68 bits per heavy atom.